The van der Waals surface area contributed by atoms with Gasteiger partial charge in [-0.25, -0.2) is 4.98 Å². The number of aliphatic carboxylic acids is 1. The highest BCUT2D eigenvalue weighted by Gasteiger charge is 2.13. The Hall–Kier alpha value is -2.59. The molecule has 0 aliphatic rings. The van der Waals surface area contributed by atoms with E-state index in [0.717, 1.165) is 39.8 Å². The smallest absolute Gasteiger partial charge is 0.313 e. The van der Waals surface area contributed by atoms with Gasteiger partial charge in [0.05, 0.1) is 24.5 Å². The Morgan fingerprint density at radius 3 is 2.81 bits per heavy atom. The van der Waals surface area contributed by atoms with Gasteiger partial charge in [-0.3, -0.25) is 4.79 Å². The normalized spacial score (nSPS) is 10.7. The fraction of sp³-hybridized carbons (Fsp3) is 0.294. The number of ether oxygens (including phenoxy) is 1. The van der Waals surface area contributed by atoms with E-state index in [2.05, 4.69) is 20.5 Å². The second-order valence-electron chi connectivity index (χ2n) is 5.54. The lowest BCUT2D eigenvalue weighted by Gasteiger charge is -2.05. The van der Waals surface area contributed by atoms with Crippen molar-refractivity contribution in [3.05, 3.63) is 41.2 Å². The van der Waals surface area contributed by atoms with Gasteiger partial charge in [-0.2, -0.15) is 0 Å². The summed E-state index contributed by atoms with van der Waals surface area (Å²) in [7, 11) is 1.82. The second kappa shape index (κ2) is 8.87. The van der Waals surface area contributed by atoms with Crippen LogP contribution in [0.3, 0.4) is 0 Å². The van der Waals surface area contributed by atoms with Gasteiger partial charge in [0.1, 0.15) is 11.6 Å². The summed E-state index contributed by atoms with van der Waals surface area (Å²) in [6, 6.07) is 7.72. The monoisotopic (exact) mass is 405 g/mol. The Bertz CT molecular complexity index is 908. The summed E-state index contributed by atoms with van der Waals surface area (Å²) < 4.78 is 7.23. The van der Waals surface area contributed by atoms with Crippen LogP contribution in [-0.4, -0.2) is 43.2 Å². The second-order valence-corrected chi connectivity index (χ2v) is 7.34. The molecule has 0 aliphatic carbocycles. The minimum atomic E-state index is -0.881. The molecule has 27 heavy (non-hydrogen) atoms. The van der Waals surface area contributed by atoms with Gasteiger partial charge < -0.3 is 19.7 Å². The zero-order valence-corrected chi connectivity index (χ0v) is 16.5. The molecule has 0 spiro atoms. The van der Waals surface area contributed by atoms with Crippen LogP contribution in [0.25, 0.3) is 0 Å². The van der Waals surface area contributed by atoms with Crippen LogP contribution in [0.1, 0.15) is 18.4 Å². The summed E-state index contributed by atoms with van der Waals surface area (Å²) in [5.41, 5.74) is 1.81. The molecular weight excluding hydrogens is 386 g/mol. The predicted molar refractivity (Wildman–Crippen MR) is 105 cm³/mol. The zero-order valence-electron chi connectivity index (χ0n) is 14.9. The van der Waals surface area contributed by atoms with E-state index in [0.29, 0.717) is 18.2 Å². The van der Waals surface area contributed by atoms with Crippen LogP contribution < -0.4 is 10.1 Å². The molecule has 0 amide bonds. The van der Waals surface area contributed by atoms with E-state index in [-0.39, 0.29) is 5.75 Å². The summed E-state index contributed by atoms with van der Waals surface area (Å²) in [5.74, 6) is 0.648. The molecule has 3 aromatic rings. The first-order valence-electron chi connectivity index (χ1n) is 8.22. The Morgan fingerprint density at radius 2 is 2.11 bits per heavy atom. The number of nitrogens with one attached hydrogen (secondary N) is 1. The molecule has 0 fully saturated rings. The molecule has 0 aliphatic heterocycles. The van der Waals surface area contributed by atoms with Gasteiger partial charge in [0.15, 0.2) is 10.3 Å². The van der Waals surface area contributed by atoms with Crippen molar-refractivity contribution >= 4 is 39.9 Å². The van der Waals surface area contributed by atoms with Crippen molar-refractivity contribution in [2.75, 3.05) is 17.7 Å². The third-order valence-electron chi connectivity index (χ3n) is 3.56. The Kier molecular flexibility index (Phi) is 6.30. The summed E-state index contributed by atoms with van der Waals surface area (Å²) in [6.07, 6.45) is 0.526. The Labute approximate surface area is 164 Å². The number of carboxylic acid groups (broad SMARTS) is 1. The fourth-order valence-corrected chi connectivity index (χ4v) is 3.66. The molecule has 0 saturated heterocycles. The van der Waals surface area contributed by atoms with Crippen molar-refractivity contribution in [3.8, 4) is 5.75 Å². The molecule has 0 radical (unpaired) electrons. The molecule has 10 heteroatoms. The summed E-state index contributed by atoms with van der Waals surface area (Å²) in [6.45, 7) is 2.59. The molecule has 2 aromatic heterocycles. The van der Waals surface area contributed by atoms with Gasteiger partial charge in [-0.05, 0) is 31.2 Å². The van der Waals surface area contributed by atoms with E-state index in [1.807, 2.05) is 43.6 Å². The van der Waals surface area contributed by atoms with Gasteiger partial charge >= 0.3 is 5.97 Å². The number of nitrogens with zero attached hydrogens (tertiary/aromatic N) is 4. The maximum Gasteiger partial charge on any atom is 0.313 e. The number of carboxylic acids is 1. The van der Waals surface area contributed by atoms with Crippen LogP contribution in [-0.2, 0) is 18.3 Å². The van der Waals surface area contributed by atoms with Crippen molar-refractivity contribution in [2.24, 2.45) is 7.05 Å². The number of benzene rings is 1. The van der Waals surface area contributed by atoms with E-state index >= 15 is 0 Å². The number of hydrogen-bond donors (Lipinski definition) is 2. The van der Waals surface area contributed by atoms with E-state index in [9.17, 15) is 4.79 Å². The van der Waals surface area contributed by atoms with Gasteiger partial charge in [-0.1, -0.05) is 11.8 Å². The molecule has 0 bridgehead atoms. The highest BCUT2D eigenvalue weighted by molar-refractivity contribution is 7.99. The molecular formula is C17H19N5O3S2. The third kappa shape index (κ3) is 5.20. The average molecular weight is 406 g/mol. The van der Waals surface area contributed by atoms with Crippen LogP contribution in [0.4, 0.5) is 10.8 Å². The summed E-state index contributed by atoms with van der Waals surface area (Å²) in [4.78, 5) is 15.3. The highest BCUT2D eigenvalue weighted by Crippen LogP contribution is 2.24. The van der Waals surface area contributed by atoms with E-state index < -0.39 is 5.97 Å². The molecule has 142 valence electrons. The van der Waals surface area contributed by atoms with Crippen LogP contribution in [0.5, 0.6) is 5.75 Å². The first-order chi connectivity index (χ1) is 13.0. The third-order valence-corrected chi connectivity index (χ3v) is 5.37. The number of anilines is 2. The Morgan fingerprint density at radius 1 is 1.33 bits per heavy atom. The number of carbonyl (C=O) groups is 1. The van der Waals surface area contributed by atoms with Crippen LogP contribution in [0.15, 0.2) is 34.8 Å². The van der Waals surface area contributed by atoms with Gasteiger partial charge in [0.25, 0.3) is 0 Å². The first kappa shape index (κ1) is 19.2. The van der Waals surface area contributed by atoms with Crippen LogP contribution in [0, 0.1) is 0 Å². The lowest BCUT2D eigenvalue weighted by atomic mass is 10.3. The zero-order chi connectivity index (χ0) is 19.2. The Balaban J connectivity index is 1.61. The molecule has 2 heterocycles. The largest absolute Gasteiger partial charge is 0.494 e. The average Bonchev–Trinajstić information content (AvgIpc) is 3.23. The predicted octanol–water partition coefficient (Wildman–Crippen LogP) is 3.18. The van der Waals surface area contributed by atoms with Crippen molar-refractivity contribution in [1.29, 1.82) is 0 Å². The minimum absolute atomic E-state index is 0.0428. The molecule has 8 nitrogen and oxygen atoms in total. The van der Waals surface area contributed by atoms with Crippen molar-refractivity contribution in [2.45, 2.75) is 18.5 Å². The molecule has 1 aromatic carbocycles. The molecule has 2 N–H and O–H groups in total. The van der Waals surface area contributed by atoms with Crippen molar-refractivity contribution in [3.63, 3.8) is 0 Å². The van der Waals surface area contributed by atoms with Crippen molar-refractivity contribution in [1.82, 2.24) is 19.7 Å². The maximum atomic E-state index is 10.7. The SMILES string of the molecule is CCOc1ccc(Nc2nc(Cc3nnc(SCC(=O)O)n3C)cs2)cc1. The molecule has 3 rings (SSSR count). The topological polar surface area (TPSA) is 102 Å². The minimum Gasteiger partial charge on any atom is -0.494 e. The van der Waals surface area contributed by atoms with Crippen LogP contribution >= 0.6 is 23.1 Å². The van der Waals surface area contributed by atoms with Gasteiger partial charge in [0, 0.05) is 18.1 Å². The molecule has 0 unspecified atom stereocenters. The first-order valence-corrected chi connectivity index (χ1v) is 10.1. The number of aromatic nitrogens is 4. The maximum absolute atomic E-state index is 10.7. The lowest BCUT2D eigenvalue weighted by molar-refractivity contribution is -0.133. The lowest BCUT2D eigenvalue weighted by Crippen LogP contribution is -2.03. The standard InChI is InChI=1S/C17H19N5O3S2/c1-3-25-13-6-4-11(5-7-13)18-16-19-12(9-26-16)8-14-20-21-17(22(14)2)27-10-15(23)24/h4-7,9H,3,8,10H2,1-2H3,(H,18,19)(H,23,24). The quantitative estimate of drug-likeness (QED) is 0.523. The fourth-order valence-electron chi connectivity index (χ4n) is 2.28. The molecule has 0 saturated carbocycles. The summed E-state index contributed by atoms with van der Waals surface area (Å²) in [5, 5.41) is 23.6. The van der Waals surface area contributed by atoms with E-state index in [1.54, 1.807) is 4.57 Å². The van der Waals surface area contributed by atoms with E-state index in [4.69, 9.17) is 9.84 Å². The number of thiazole rings is 1. The number of rotatable bonds is 9. The van der Waals surface area contributed by atoms with Crippen molar-refractivity contribution < 1.29 is 14.6 Å². The summed E-state index contributed by atoms with van der Waals surface area (Å²) >= 11 is 2.66. The highest BCUT2D eigenvalue weighted by atomic mass is 32.2. The number of hydrogen-bond acceptors (Lipinski definition) is 8. The van der Waals surface area contributed by atoms with E-state index in [1.165, 1.54) is 11.3 Å². The van der Waals surface area contributed by atoms with Gasteiger partial charge in [-0.15, -0.1) is 21.5 Å². The van der Waals surface area contributed by atoms with Crippen LogP contribution in [0.2, 0.25) is 0 Å². The number of thioether (sulfide) groups is 1. The van der Waals surface area contributed by atoms with Gasteiger partial charge in [0.2, 0.25) is 0 Å². The molecule has 0 atom stereocenters.